The van der Waals surface area contributed by atoms with Crippen LogP contribution in [0.25, 0.3) is 0 Å². The van der Waals surface area contributed by atoms with E-state index in [1.807, 2.05) is 21.1 Å². The van der Waals surface area contributed by atoms with Crippen LogP contribution in [0.1, 0.15) is 206 Å². The van der Waals surface area contributed by atoms with Gasteiger partial charge in [0.2, 0.25) is 0 Å². The van der Waals surface area contributed by atoms with Crippen molar-refractivity contribution in [3.05, 3.63) is 36.5 Å². The van der Waals surface area contributed by atoms with Crippen molar-refractivity contribution in [1.29, 1.82) is 0 Å². The molecule has 0 saturated carbocycles. The number of phosphoric ester groups is 1. The van der Waals surface area contributed by atoms with Crippen molar-refractivity contribution in [2.45, 2.75) is 213 Å². The Kier molecular flexibility index (Phi) is 39.4. The summed E-state index contributed by atoms with van der Waals surface area (Å²) in [5, 5.41) is 0. The lowest BCUT2D eigenvalue weighted by atomic mass is 10.1. The second kappa shape index (κ2) is 40.6. The maximum Gasteiger partial charge on any atom is 0.472 e. The first-order valence-corrected chi connectivity index (χ1v) is 25.2. The molecule has 0 saturated heterocycles. The number of hydrogen-bond acceptors (Lipinski definition) is 7. The van der Waals surface area contributed by atoms with Crippen molar-refractivity contribution in [2.24, 2.45) is 0 Å². The Labute approximate surface area is 357 Å². The monoisotopic (exact) mass is 841 g/mol. The minimum Gasteiger partial charge on any atom is -0.462 e. The lowest BCUT2D eigenvalue weighted by Gasteiger charge is -2.24. The quantitative estimate of drug-likeness (QED) is 0.0213. The number of rotatable bonds is 43. The smallest absolute Gasteiger partial charge is 0.462 e. The molecule has 0 aliphatic heterocycles. The van der Waals surface area contributed by atoms with Gasteiger partial charge in [0.1, 0.15) is 19.8 Å². The summed E-state index contributed by atoms with van der Waals surface area (Å²) >= 11 is 0. The summed E-state index contributed by atoms with van der Waals surface area (Å²) in [6.07, 6.45) is 46.1. The molecule has 0 spiro atoms. The number of quaternary nitrogens is 1. The highest BCUT2D eigenvalue weighted by molar-refractivity contribution is 7.47. The molecule has 1 N–H and O–H groups in total. The summed E-state index contributed by atoms with van der Waals surface area (Å²) in [6.45, 7) is 4.39. The number of nitrogens with zero attached hydrogens (tertiary/aromatic N) is 1. The van der Waals surface area contributed by atoms with E-state index in [0.29, 0.717) is 17.4 Å². The summed E-state index contributed by atoms with van der Waals surface area (Å²) in [5.41, 5.74) is 0. The molecule has 0 heterocycles. The zero-order chi connectivity index (χ0) is 42.8. The van der Waals surface area contributed by atoms with Gasteiger partial charge in [0.25, 0.3) is 0 Å². The van der Waals surface area contributed by atoms with Gasteiger partial charge in [-0.3, -0.25) is 18.6 Å². The summed E-state index contributed by atoms with van der Waals surface area (Å²) < 4.78 is 34.4. The molecule has 340 valence electrons. The Balaban J connectivity index is 4.32. The Morgan fingerprint density at radius 1 is 0.534 bits per heavy atom. The third kappa shape index (κ3) is 43.8. The van der Waals surface area contributed by atoms with Gasteiger partial charge in [0.05, 0.1) is 27.7 Å². The molecule has 0 rings (SSSR count). The third-order valence-electron chi connectivity index (χ3n) is 10.1. The predicted molar refractivity (Wildman–Crippen MR) is 243 cm³/mol. The second-order valence-electron chi connectivity index (χ2n) is 17.1. The fourth-order valence-electron chi connectivity index (χ4n) is 6.39. The lowest BCUT2D eigenvalue weighted by molar-refractivity contribution is -0.870. The average molecular weight is 841 g/mol. The van der Waals surface area contributed by atoms with E-state index in [9.17, 15) is 19.0 Å². The number of ether oxygens (including phenoxy) is 2. The molecule has 0 aromatic rings. The number of esters is 2. The normalized spacial score (nSPS) is 13.8. The summed E-state index contributed by atoms with van der Waals surface area (Å²) in [4.78, 5) is 35.4. The molecule has 0 aliphatic rings. The fourth-order valence-corrected chi connectivity index (χ4v) is 7.13. The molecule has 0 aromatic heterocycles. The molecular weight excluding hydrogens is 750 g/mol. The Morgan fingerprint density at radius 2 is 0.931 bits per heavy atom. The zero-order valence-electron chi connectivity index (χ0n) is 38.3. The number of unbranched alkanes of at least 4 members (excludes halogenated alkanes) is 23. The van der Waals surface area contributed by atoms with Crippen molar-refractivity contribution >= 4 is 19.8 Å². The maximum absolute atomic E-state index is 12.7. The first-order valence-electron chi connectivity index (χ1n) is 23.7. The van der Waals surface area contributed by atoms with Crippen molar-refractivity contribution in [3.63, 3.8) is 0 Å². The molecule has 0 fully saturated rings. The minimum atomic E-state index is -4.38. The van der Waals surface area contributed by atoms with E-state index in [0.717, 1.165) is 51.4 Å². The SMILES string of the molecule is CCCCC/C=C/C/C=C/CCCCCCCCCC(=O)O[C@H](COC(=O)CCCCCCCCCCC/C=C/CCCCCC)COP(=O)(O)OCC[N+](C)(C)C. The zero-order valence-corrected chi connectivity index (χ0v) is 39.2. The number of carbonyl (C=O) groups is 2. The largest absolute Gasteiger partial charge is 0.472 e. The molecule has 0 radical (unpaired) electrons. The number of phosphoric acid groups is 1. The van der Waals surface area contributed by atoms with Gasteiger partial charge in [-0.2, -0.15) is 0 Å². The van der Waals surface area contributed by atoms with Gasteiger partial charge in [0, 0.05) is 12.8 Å². The topological polar surface area (TPSA) is 108 Å². The van der Waals surface area contributed by atoms with Crippen molar-refractivity contribution in [3.8, 4) is 0 Å². The number of likely N-dealkylation sites (N-methyl/N-ethyl adjacent to an activating group) is 1. The van der Waals surface area contributed by atoms with Gasteiger partial charge in [-0.1, -0.05) is 159 Å². The second-order valence-corrected chi connectivity index (χ2v) is 18.6. The number of hydrogen-bond donors (Lipinski definition) is 1. The highest BCUT2D eigenvalue weighted by atomic mass is 31.2. The average Bonchev–Trinajstić information content (AvgIpc) is 3.17. The van der Waals surface area contributed by atoms with Crippen LogP contribution in [0.15, 0.2) is 36.5 Å². The van der Waals surface area contributed by atoms with E-state index in [2.05, 4.69) is 50.3 Å². The third-order valence-corrected chi connectivity index (χ3v) is 11.1. The summed E-state index contributed by atoms with van der Waals surface area (Å²) in [6, 6.07) is 0. The number of allylic oxidation sites excluding steroid dienone is 6. The van der Waals surface area contributed by atoms with Gasteiger partial charge in [0.15, 0.2) is 6.10 Å². The fraction of sp³-hybridized carbons (Fsp3) is 0.833. The molecule has 58 heavy (non-hydrogen) atoms. The van der Waals surface area contributed by atoms with E-state index in [4.69, 9.17) is 18.5 Å². The molecule has 0 aromatic carbocycles. The van der Waals surface area contributed by atoms with Crippen LogP contribution >= 0.6 is 7.82 Å². The van der Waals surface area contributed by atoms with Gasteiger partial charge >= 0.3 is 19.8 Å². The highest BCUT2D eigenvalue weighted by Gasteiger charge is 2.27. The molecule has 0 bridgehead atoms. The van der Waals surface area contributed by atoms with Gasteiger partial charge in [-0.15, -0.1) is 0 Å². The van der Waals surface area contributed by atoms with Crippen LogP contribution in [0.2, 0.25) is 0 Å². The van der Waals surface area contributed by atoms with E-state index in [-0.39, 0.29) is 32.0 Å². The van der Waals surface area contributed by atoms with E-state index >= 15 is 0 Å². The molecule has 10 heteroatoms. The van der Waals surface area contributed by atoms with Gasteiger partial charge < -0.3 is 18.9 Å². The van der Waals surface area contributed by atoms with Crippen LogP contribution in [0, 0.1) is 0 Å². The van der Waals surface area contributed by atoms with Crippen LogP contribution in [0.4, 0.5) is 0 Å². The Morgan fingerprint density at radius 3 is 1.41 bits per heavy atom. The van der Waals surface area contributed by atoms with E-state index in [1.165, 1.54) is 122 Å². The first-order chi connectivity index (χ1) is 28.0. The molecular formula is C48H91NO8P+. The van der Waals surface area contributed by atoms with Crippen molar-refractivity contribution < 1.29 is 42.1 Å². The van der Waals surface area contributed by atoms with Crippen molar-refractivity contribution in [1.82, 2.24) is 0 Å². The van der Waals surface area contributed by atoms with Crippen LogP contribution < -0.4 is 0 Å². The van der Waals surface area contributed by atoms with Gasteiger partial charge in [-0.05, 0) is 70.6 Å². The standard InChI is InChI=1S/C48H90NO8P/c1-6-8-10-12-14-16-18-20-22-24-26-28-30-32-34-36-38-40-47(50)54-44-46(45-56-58(52,53)55-43-42-49(3,4)5)57-48(51)41-39-37-35-33-31-29-27-25-23-21-19-17-15-13-11-9-7-2/h15-18,21,23,46H,6-14,19-20,22,24-45H2,1-5H3/p+1/b17-15+,18-16+,23-21+/t46-/m1/s1. The van der Waals surface area contributed by atoms with Crippen LogP contribution in [-0.4, -0.2) is 74.9 Å². The minimum absolute atomic E-state index is 0.0298. The van der Waals surface area contributed by atoms with E-state index < -0.39 is 26.5 Å². The summed E-state index contributed by atoms with van der Waals surface area (Å²) in [5.74, 6) is -0.806. The van der Waals surface area contributed by atoms with Crippen LogP contribution in [0.3, 0.4) is 0 Å². The lowest BCUT2D eigenvalue weighted by Crippen LogP contribution is -2.37. The van der Waals surface area contributed by atoms with Crippen molar-refractivity contribution in [2.75, 3.05) is 47.5 Å². The number of carbonyl (C=O) groups excluding carboxylic acids is 2. The molecule has 1 unspecified atom stereocenters. The Hall–Kier alpha value is -1.77. The summed E-state index contributed by atoms with van der Waals surface area (Å²) in [7, 11) is 1.47. The maximum atomic E-state index is 12.7. The molecule has 2 atom stereocenters. The van der Waals surface area contributed by atoms with Crippen LogP contribution in [-0.2, 0) is 32.7 Å². The molecule has 0 amide bonds. The molecule has 9 nitrogen and oxygen atoms in total. The highest BCUT2D eigenvalue weighted by Crippen LogP contribution is 2.43. The Bertz CT molecular complexity index is 1090. The van der Waals surface area contributed by atoms with E-state index in [1.54, 1.807) is 0 Å². The van der Waals surface area contributed by atoms with Crippen LogP contribution in [0.5, 0.6) is 0 Å². The first kappa shape index (κ1) is 56.2. The molecule has 0 aliphatic carbocycles. The predicted octanol–water partition coefficient (Wildman–Crippen LogP) is 13.7. The van der Waals surface area contributed by atoms with Gasteiger partial charge in [-0.25, -0.2) is 4.57 Å².